The zero-order chi connectivity index (χ0) is 11.3. The fraction of sp³-hybridized carbons (Fsp3) is 0.545. The second kappa shape index (κ2) is 3.47. The van der Waals surface area contributed by atoms with Crippen LogP contribution in [0.1, 0.15) is 12.0 Å². The lowest BCUT2D eigenvalue weighted by atomic mass is 9.81. The number of aryl methyl sites for hydroxylation is 1. The molecule has 4 nitrogen and oxygen atoms in total. The summed E-state index contributed by atoms with van der Waals surface area (Å²) in [5, 5.41) is 18.1. The van der Waals surface area contributed by atoms with Crippen molar-refractivity contribution in [2.45, 2.75) is 13.3 Å². The molecule has 3 rings (SSSR count). The molecule has 1 aromatic rings. The zero-order valence-corrected chi connectivity index (χ0v) is 9.30. The molecule has 2 N–H and O–H groups in total. The second-order valence-electron chi connectivity index (χ2n) is 4.94. The summed E-state index contributed by atoms with van der Waals surface area (Å²) < 4.78 is 0. The van der Waals surface area contributed by atoms with E-state index in [0.717, 1.165) is 36.3 Å². The van der Waals surface area contributed by atoms with Crippen molar-refractivity contribution in [2.24, 2.45) is 11.8 Å². The van der Waals surface area contributed by atoms with Gasteiger partial charge in [-0.1, -0.05) is 6.07 Å². The third-order valence-electron chi connectivity index (χ3n) is 3.65. The monoisotopic (exact) mass is 218 g/mol. The first-order chi connectivity index (χ1) is 7.65. The molecule has 0 spiro atoms. The Morgan fingerprint density at radius 3 is 2.62 bits per heavy atom. The van der Waals surface area contributed by atoms with Crippen molar-refractivity contribution in [1.29, 1.82) is 0 Å². The average molecular weight is 218 g/mol. The van der Waals surface area contributed by atoms with Crippen LogP contribution in [0.4, 0.5) is 5.82 Å². The van der Waals surface area contributed by atoms with Crippen LogP contribution in [-0.2, 0) is 0 Å². The molecular weight excluding hydrogens is 203 g/mol. The standard InChI is InChI=1S/C11H15BN2O2/c1-7-2-10(12(15)16)4-13-11(7)14-5-8-3-9(8)6-14/h2,4,8-9,15-16H,3,5-6H2,1H3. The molecule has 2 atom stereocenters. The van der Waals surface area contributed by atoms with Crippen molar-refractivity contribution in [1.82, 2.24) is 4.98 Å². The van der Waals surface area contributed by atoms with Gasteiger partial charge in [0.15, 0.2) is 0 Å². The maximum Gasteiger partial charge on any atom is 0.490 e. The summed E-state index contributed by atoms with van der Waals surface area (Å²) >= 11 is 0. The highest BCUT2D eigenvalue weighted by atomic mass is 16.4. The summed E-state index contributed by atoms with van der Waals surface area (Å²) in [6.45, 7) is 4.19. The molecule has 1 aliphatic heterocycles. The van der Waals surface area contributed by atoms with E-state index in [4.69, 9.17) is 10.0 Å². The Morgan fingerprint density at radius 2 is 2.06 bits per heavy atom. The quantitative estimate of drug-likeness (QED) is 0.658. The van der Waals surface area contributed by atoms with Crippen LogP contribution in [0.25, 0.3) is 0 Å². The lowest BCUT2D eigenvalue weighted by Gasteiger charge is -2.21. The SMILES string of the molecule is Cc1cc(B(O)O)cnc1N1CC2CC2C1. The smallest absolute Gasteiger partial charge is 0.423 e. The van der Waals surface area contributed by atoms with Gasteiger partial charge in [-0.15, -0.1) is 0 Å². The summed E-state index contributed by atoms with van der Waals surface area (Å²) in [5.41, 5.74) is 1.48. The van der Waals surface area contributed by atoms with Crippen LogP contribution in [0.2, 0.25) is 0 Å². The Hall–Kier alpha value is -1.07. The molecule has 1 saturated carbocycles. The first kappa shape index (κ1) is 10.1. The molecule has 2 aliphatic rings. The van der Waals surface area contributed by atoms with Gasteiger partial charge in [-0.05, 0) is 30.7 Å². The molecule has 1 aliphatic carbocycles. The Kier molecular flexibility index (Phi) is 2.19. The zero-order valence-electron chi connectivity index (χ0n) is 9.30. The molecule has 5 heteroatoms. The number of hydrogen-bond acceptors (Lipinski definition) is 4. The van der Waals surface area contributed by atoms with Crippen molar-refractivity contribution >= 4 is 18.4 Å². The Labute approximate surface area is 95.1 Å². The number of hydrogen-bond donors (Lipinski definition) is 2. The Morgan fingerprint density at radius 1 is 1.38 bits per heavy atom. The maximum absolute atomic E-state index is 9.06. The molecule has 0 bridgehead atoms. The molecule has 2 fully saturated rings. The molecule has 2 heterocycles. The first-order valence-electron chi connectivity index (χ1n) is 5.73. The summed E-state index contributed by atoms with van der Waals surface area (Å²) in [5.74, 6) is 2.75. The topological polar surface area (TPSA) is 56.6 Å². The Bertz CT molecular complexity index is 414. The summed E-state index contributed by atoms with van der Waals surface area (Å²) in [4.78, 5) is 6.65. The predicted octanol–water partition coefficient (Wildman–Crippen LogP) is -0.474. The number of nitrogens with zero attached hydrogens (tertiary/aromatic N) is 2. The maximum atomic E-state index is 9.06. The number of pyridine rings is 1. The van der Waals surface area contributed by atoms with Crippen LogP contribution >= 0.6 is 0 Å². The van der Waals surface area contributed by atoms with Crippen molar-refractivity contribution in [3.8, 4) is 0 Å². The Balaban J connectivity index is 1.84. The fourth-order valence-electron chi connectivity index (χ4n) is 2.63. The average Bonchev–Trinajstić information content (AvgIpc) is 2.85. The highest BCUT2D eigenvalue weighted by molar-refractivity contribution is 6.58. The van der Waals surface area contributed by atoms with Crippen molar-refractivity contribution in [3.05, 3.63) is 17.8 Å². The third kappa shape index (κ3) is 1.60. The van der Waals surface area contributed by atoms with Crippen molar-refractivity contribution in [3.63, 3.8) is 0 Å². The number of aromatic nitrogens is 1. The van der Waals surface area contributed by atoms with Gasteiger partial charge in [0.25, 0.3) is 0 Å². The van der Waals surface area contributed by atoms with Crippen LogP contribution in [0.3, 0.4) is 0 Å². The molecule has 1 aromatic heterocycles. The number of rotatable bonds is 2. The van der Waals surface area contributed by atoms with Crippen LogP contribution < -0.4 is 10.4 Å². The number of fused-ring (bicyclic) bond motifs is 1. The van der Waals surface area contributed by atoms with E-state index in [0.29, 0.717) is 5.46 Å². The fourth-order valence-corrected chi connectivity index (χ4v) is 2.63. The van der Waals surface area contributed by atoms with Gasteiger partial charge in [-0.3, -0.25) is 0 Å². The van der Waals surface area contributed by atoms with Gasteiger partial charge in [0.2, 0.25) is 0 Å². The number of piperidine rings is 1. The van der Waals surface area contributed by atoms with Gasteiger partial charge in [0.05, 0.1) is 0 Å². The van der Waals surface area contributed by atoms with E-state index in [2.05, 4.69) is 9.88 Å². The van der Waals surface area contributed by atoms with E-state index in [1.165, 1.54) is 6.42 Å². The minimum absolute atomic E-state index is 0.464. The largest absolute Gasteiger partial charge is 0.490 e. The van der Waals surface area contributed by atoms with Gasteiger partial charge in [0.1, 0.15) is 5.82 Å². The van der Waals surface area contributed by atoms with Gasteiger partial charge < -0.3 is 14.9 Å². The van der Waals surface area contributed by atoms with Crippen molar-refractivity contribution < 1.29 is 10.0 Å². The minimum atomic E-state index is -1.42. The molecule has 0 amide bonds. The normalized spacial score (nSPS) is 26.8. The molecule has 1 saturated heterocycles. The lowest BCUT2D eigenvalue weighted by molar-refractivity contribution is 0.425. The van der Waals surface area contributed by atoms with Gasteiger partial charge in [-0.25, -0.2) is 4.98 Å². The van der Waals surface area contributed by atoms with E-state index in [1.807, 2.05) is 6.92 Å². The van der Waals surface area contributed by atoms with Crippen LogP contribution in [0.15, 0.2) is 12.3 Å². The summed E-state index contributed by atoms with van der Waals surface area (Å²) in [6.07, 6.45) is 2.93. The predicted molar refractivity (Wildman–Crippen MR) is 62.6 cm³/mol. The van der Waals surface area contributed by atoms with E-state index in [-0.39, 0.29) is 0 Å². The van der Waals surface area contributed by atoms with Crippen LogP contribution in [0.5, 0.6) is 0 Å². The highest BCUT2D eigenvalue weighted by Crippen LogP contribution is 2.46. The highest BCUT2D eigenvalue weighted by Gasteiger charge is 2.45. The molecule has 0 aromatic carbocycles. The number of anilines is 1. The van der Waals surface area contributed by atoms with E-state index >= 15 is 0 Å². The second-order valence-corrected chi connectivity index (χ2v) is 4.94. The molecule has 2 unspecified atom stereocenters. The van der Waals surface area contributed by atoms with Gasteiger partial charge in [-0.2, -0.15) is 0 Å². The van der Waals surface area contributed by atoms with Crippen LogP contribution in [0, 0.1) is 18.8 Å². The van der Waals surface area contributed by atoms with E-state index in [9.17, 15) is 0 Å². The van der Waals surface area contributed by atoms with Gasteiger partial charge >= 0.3 is 7.12 Å². The lowest BCUT2D eigenvalue weighted by Crippen LogP contribution is -2.32. The summed E-state index contributed by atoms with van der Waals surface area (Å²) in [6, 6.07) is 1.80. The van der Waals surface area contributed by atoms with Crippen LogP contribution in [-0.4, -0.2) is 35.2 Å². The molecule has 0 radical (unpaired) electrons. The summed E-state index contributed by atoms with van der Waals surface area (Å²) in [7, 11) is -1.42. The van der Waals surface area contributed by atoms with E-state index in [1.54, 1.807) is 12.3 Å². The first-order valence-corrected chi connectivity index (χ1v) is 5.73. The minimum Gasteiger partial charge on any atom is -0.423 e. The molecular formula is C11H15BN2O2. The van der Waals surface area contributed by atoms with Gasteiger partial charge in [0, 0.05) is 24.7 Å². The molecule has 16 heavy (non-hydrogen) atoms. The molecule has 84 valence electrons. The van der Waals surface area contributed by atoms with E-state index < -0.39 is 7.12 Å². The third-order valence-corrected chi connectivity index (χ3v) is 3.65. The van der Waals surface area contributed by atoms with Crippen molar-refractivity contribution in [2.75, 3.05) is 18.0 Å².